The van der Waals surface area contributed by atoms with Crippen LogP contribution < -0.4 is 14.8 Å². The zero-order chi connectivity index (χ0) is 19.2. The summed E-state index contributed by atoms with van der Waals surface area (Å²) in [7, 11) is 3.16. The first-order valence-corrected chi connectivity index (χ1v) is 8.28. The van der Waals surface area contributed by atoms with Crippen LogP contribution in [0.1, 0.15) is 16.1 Å². The molecule has 0 aliphatic heterocycles. The molecule has 3 rings (SSSR count). The van der Waals surface area contributed by atoms with E-state index in [1.54, 1.807) is 26.4 Å². The Hall–Kier alpha value is -3.42. The lowest BCUT2D eigenvalue weighted by atomic mass is 10.1. The molecule has 0 unspecified atom stereocenters. The number of rotatable bonds is 7. The Balaban J connectivity index is 1.58. The van der Waals surface area contributed by atoms with Gasteiger partial charge < -0.3 is 14.8 Å². The van der Waals surface area contributed by atoms with Gasteiger partial charge in [0.1, 0.15) is 5.82 Å². The number of benzene rings is 2. The van der Waals surface area contributed by atoms with Gasteiger partial charge in [0.2, 0.25) is 0 Å². The van der Waals surface area contributed by atoms with E-state index < -0.39 is 0 Å². The molecule has 27 heavy (non-hydrogen) atoms. The fraction of sp³-hybridized carbons (Fsp3) is 0.211. The molecule has 0 saturated carbocycles. The molecule has 0 radical (unpaired) electrons. The number of ether oxygens (including phenoxy) is 2. The molecule has 3 aromatic rings. The quantitative estimate of drug-likeness (QED) is 0.691. The number of halogens is 1. The molecule has 0 fully saturated rings. The van der Waals surface area contributed by atoms with Crippen LogP contribution in [0.15, 0.2) is 48.7 Å². The van der Waals surface area contributed by atoms with E-state index in [4.69, 9.17) is 9.47 Å². The number of hydrogen-bond donors (Lipinski definition) is 1. The maximum absolute atomic E-state index is 13.0. The fourth-order valence-corrected chi connectivity index (χ4v) is 2.53. The van der Waals surface area contributed by atoms with Crippen LogP contribution in [0.25, 0.3) is 5.69 Å². The number of hydrogen-bond acceptors (Lipinski definition) is 5. The van der Waals surface area contributed by atoms with Gasteiger partial charge in [0.15, 0.2) is 17.2 Å². The Morgan fingerprint density at radius 1 is 1.11 bits per heavy atom. The summed E-state index contributed by atoms with van der Waals surface area (Å²) in [6.45, 7) is 0.428. The van der Waals surface area contributed by atoms with Gasteiger partial charge in [0, 0.05) is 6.54 Å². The van der Waals surface area contributed by atoms with E-state index in [0.29, 0.717) is 30.2 Å². The van der Waals surface area contributed by atoms with Crippen LogP contribution >= 0.6 is 0 Å². The van der Waals surface area contributed by atoms with Gasteiger partial charge in [-0.2, -0.15) is 0 Å². The van der Waals surface area contributed by atoms with E-state index in [2.05, 4.69) is 15.6 Å². The third-order valence-corrected chi connectivity index (χ3v) is 3.96. The van der Waals surface area contributed by atoms with Gasteiger partial charge in [-0.25, -0.2) is 9.07 Å². The molecule has 0 aliphatic carbocycles. The minimum absolute atomic E-state index is 0.187. The normalized spacial score (nSPS) is 10.5. The molecule has 1 amide bonds. The van der Waals surface area contributed by atoms with Crippen molar-refractivity contribution in [1.29, 1.82) is 0 Å². The maximum atomic E-state index is 13.0. The zero-order valence-electron chi connectivity index (χ0n) is 15.0. The fourth-order valence-electron chi connectivity index (χ4n) is 2.53. The van der Waals surface area contributed by atoms with Crippen molar-refractivity contribution in [2.75, 3.05) is 20.8 Å². The number of nitrogens with one attached hydrogen (secondary N) is 1. The molecule has 8 heteroatoms. The predicted molar refractivity (Wildman–Crippen MR) is 96.9 cm³/mol. The van der Waals surface area contributed by atoms with E-state index in [9.17, 15) is 9.18 Å². The lowest BCUT2D eigenvalue weighted by Gasteiger charge is -2.09. The highest BCUT2D eigenvalue weighted by atomic mass is 19.1. The minimum atomic E-state index is -0.341. The maximum Gasteiger partial charge on any atom is 0.273 e. The first kappa shape index (κ1) is 18.4. The Labute approximate surface area is 155 Å². The van der Waals surface area contributed by atoms with Gasteiger partial charge in [-0.1, -0.05) is 11.3 Å². The highest BCUT2D eigenvalue weighted by molar-refractivity contribution is 5.91. The lowest BCUT2D eigenvalue weighted by molar-refractivity contribution is 0.0949. The molecule has 0 saturated heterocycles. The molecular weight excluding hydrogens is 351 g/mol. The minimum Gasteiger partial charge on any atom is -0.493 e. The van der Waals surface area contributed by atoms with Crippen LogP contribution in [-0.4, -0.2) is 41.7 Å². The topological polar surface area (TPSA) is 78.3 Å². The molecule has 2 aromatic carbocycles. The Kier molecular flexibility index (Phi) is 5.65. The summed E-state index contributed by atoms with van der Waals surface area (Å²) in [5, 5.41) is 10.6. The molecular formula is C19H19FN4O3. The molecule has 0 atom stereocenters. The highest BCUT2D eigenvalue weighted by Gasteiger charge is 2.11. The third-order valence-electron chi connectivity index (χ3n) is 3.96. The van der Waals surface area contributed by atoms with Crippen molar-refractivity contribution < 1.29 is 18.7 Å². The number of nitrogens with zero attached hydrogens (tertiary/aromatic N) is 3. The van der Waals surface area contributed by atoms with Crippen LogP contribution in [0.4, 0.5) is 4.39 Å². The van der Waals surface area contributed by atoms with E-state index >= 15 is 0 Å². The summed E-state index contributed by atoms with van der Waals surface area (Å²) < 4.78 is 24.9. The molecule has 1 heterocycles. The second-order valence-corrected chi connectivity index (χ2v) is 5.72. The summed E-state index contributed by atoms with van der Waals surface area (Å²) in [5.41, 5.74) is 1.81. The number of carbonyl (C=O) groups is 1. The number of carbonyl (C=O) groups excluding carboxylic acids is 1. The lowest BCUT2D eigenvalue weighted by Crippen LogP contribution is -2.26. The SMILES string of the molecule is COc1ccc(CCNC(=O)c2cn(-c3ccc(F)cc3)nn2)cc1OC. The van der Waals surface area contributed by atoms with Crippen LogP contribution in [0.3, 0.4) is 0 Å². The zero-order valence-corrected chi connectivity index (χ0v) is 15.0. The molecule has 0 aliphatic rings. The van der Waals surface area contributed by atoms with Crippen molar-refractivity contribution in [3.05, 3.63) is 65.7 Å². The number of methoxy groups -OCH3 is 2. The van der Waals surface area contributed by atoms with Crippen LogP contribution in [0.2, 0.25) is 0 Å². The average Bonchev–Trinajstić information content (AvgIpc) is 3.18. The standard InChI is InChI=1S/C19H19FN4O3/c1-26-17-8-3-13(11-18(17)27-2)9-10-21-19(25)16-12-24(23-22-16)15-6-4-14(20)5-7-15/h3-8,11-12H,9-10H2,1-2H3,(H,21,25). The predicted octanol–water partition coefficient (Wildman–Crippen LogP) is 2.40. The second-order valence-electron chi connectivity index (χ2n) is 5.72. The van der Waals surface area contributed by atoms with Crippen molar-refractivity contribution in [3.8, 4) is 17.2 Å². The van der Waals surface area contributed by atoms with Gasteiger partial charge in [-0.15, -0.1) is 5.10 Å². The largest absolute Gasteiger partial charge is 0.493 e. The highest BCUT2D eigenvalue weighted by Crippen LogP contribution is 2.27. The molecule has 0 spiro atoms. The van der Waals surface area contributed by atoms with Crippen molar-refractivity contribution in [3.63, 3.8) is 0 Å². The Bertz CT molecular complexity index is 925. The van der Waals surface area contributed by atoms with E-state index in [1.165, 1.54) is 23.0 Å². The van der Waals surface area contributed by atoms with Gasteiger partial charge in [0.25, 0.3) is 5.91 Å². The van der Waals surface area contributed by atoms with Gasteiger partial charge in [-0.05, 0) is 48.4 Å². The third kappa shape index (κ3) is 4.41. The van der Waals surface area contributed by atoms with Crippen LogP contribution in [0, 0.1) is 5.82 Å². The smallest absolute Gasteiger partial charge is 0.273 e. The first-order valence-electron chi connectivity index (χ1n) is 8.28. The summed E-state index contributed by atoms with van der Waals surface area (Å²) in [6.07, 6.45) is 2.12. The molecule has 1 aromatic heterocycles. The van der Waals surface area contributed by atoms with Crippen LogP contribution in [0.5, 0.6) is 11.5 Å². The Morgan fingerprint density at radius 2 is 1.85 bits per heavy atom. The molecule has 140 valence electrons. The first-order chi connectivity index (χ1) is 13.1. The van der Waals surface area contributed by atoms with E-state index in [1.807, 2.05) is 18.2 Å². The van der Waals surface area contributed by atoms with Gasteiger partial charge in [0.05, 0.1) is 26.1 Å². The molecule has 1 N–H and O–H groups in total. The summed E-state index contributed by atoms with van der Waals surface area (Å²) >= 11 is 0. The molecule has 0 bridgehead atoms. The second kappa shape index (κ2) is 8.31. The van der Waals surface area contributed by atoms with Crippen LogP contribution in [-0.2, 0) is 6.42 Å². The Morgan fingerprint density at radius 3 is 2.56 bits per heavy atom. The molecule has 7 nitrogen and oxygen atoms in total. The van der Waals surface area contributed by atoms with Crippen molar-refractivity contribution in [2.45, 2.75) is 6.42 Å². The average molecular weight is 370 g/mol. The monoisotopic (exact) mass is 370 g/mol. The summed E-state index contributed by atoms with van der Waals surface area (Å²) in [6, 6.07) is 11.4. The van der Waals surface area contributed by atoms with Gasteiger partial charge >= 0.3 is 0 Å². The summed E-state index contributed by atoms with van der Waals surface area (Å²) in [4.78, 5) is 12.2. The van der Waals surface area contributed by atoms with Crippen molar-refractivity contribution in [1.82, 2.24) is 20.3 Å². The van der Waals surface area contributed by atoms with E-state index in [-0.39, 0.29) is 17.4 Å². The van der Waals surface area contributed by atoms with Crippen molar-refractivity contribution in [2.24, 2.45) is 0 Å². The number of aromatic nitrogens is 3. The van der Waals surface area contributed by atoms with E-state index in [0.717, 1.165) is 5.56 Å². The summed E-state index contributed by atoms with van der Waals surface area (Å²) in [5.74, 6) is 0.627. The van der Waals surface area contributed by atoms with Crippen molar-refractivity contribution >= 4 is 5.91 Å². The number of amides is 1. The van der Waals surface area contributed by atoms with Gasteiger partial charge in [-0.3, -0.25) is 4.79 Å².